The molecule has 0 radical (unpaired) electrons. The minimum absolute atomic E-state index is 0.0486. The van der Waals surface area contributed by atoms with Gasteiger partial charge >= 0.3 is 0 Å². The van der Waals surface area contributed by atoms with Crippen molar-refractivity contribution in [1.82, 2.24) is 5.32 Å². The zero-order valence-electron chi connectivity index (χ0n) is 10.1. The van der Waals surface area contributed by atoms with E-state index in [1.165, 1.54) is 11.8 Å². The minimum atomic E-state index is -0.368. The van der Waals surface area contributed by atoms with E-state index in [9.17, 15) is 9.59 Å². The van der Waals surface area contributed by atoms with Gasteiger partial charge in [0.2, 0.25) is 11.8 Å². The van der Waals surface area contributed by atoms with E-state index in [2.05, 4.69) is 10.6 Å². The summed E-state index contributed by atoms with van der Waals surface area (Å²) >= 11 is 7.30. The van der Waals surface area contributed by atoms with Crippen molar-refractivity contribution in [3.8, 4) is 0 Å². The van der Waals surface area contributed by atoms with Gasteiger partial charge in [0.25, 0.3) is 0 Å². The fourth-order valence-corrected chi connectivity index (χ4v) is 3.20. The van der Waals surface area contributed by atoms with Gasteiger partial charge in [0.1, 0.15) is 0 Å². The number of carbonyl (C=O) groups excluding carboxylic acids is 2. The number of carbonyl (C=O) groups is 2. The molecule has 2 amide bonds. The quantitative estimate of drug-likeness (QED) is 0.900. The molecule has 1 atom stereocenters. The lowest BCUT2D eigenvalue weighted by Gasteiger charge is -2.23. The first kappa shape index (κ1) is 12.8. The van der Waals surface area contributed by atoms with Crippen molar-refractivity contribution in [3.05, 3.63) is 23.2 Å². The van der Waals surface area contributed by atoms with Crippen LogP contribution in [0.1, 0.15) is 19.3 Å². The Labute approximate surface area is 120 Å². The van der Waals surface area contributed by atoms with Crippen LogP contribution in [0.5, 0.6) is 0 Å². The maximum absolute atomic E-state index is 12.0. The third kappa shape index (κ3) is 3.04. The highest BCUT2D eigenvalue weighted by Gasteiger charge is 2.31. The number of anilines is 1. The molecule has 3 rings (SSSR count). The molecule has 1 heterocycles. The van der Waals surface area contributed by atoms with E-state index in [1.807, 2.05) is 6.07 Å². The van der Waals surface area contributed by atoms with Crippen LogP contribution in [0.4, 0.5) is 5.69 Å². The van der Waals surface area contributed by atoms with E-state index in [-0.39, 0.29) is 23.5 Å². The van der Waals surface area contributed by atoms with E-state index in [1.54, 1.807) is 12.1 Å². The van der Waals surface area contributed by atoms with Crippen molar-refractivity contribution in [3.63, 3.8) is 0 Å². The summed E-state index contributed by atoms with van der Waals surface area (Å²) in [5.74, 6) is -0.182. The second-order valence-corrected chi connectivity index (χ2v) is 6.46. The fraction of sp³-hybridized carbons (Fsp3) is 0.385. The number of thioether (sulfide) groups is 1. The molecule has 1 unspecified atom stereocenters. The first-order valence-electron chi connectivity index (χ1n) is 6.18. The molecule has 2 aliphatic rings. The normalized spacial score (nSPS) is 21.5. The van der Waals surface area contributed by atoms with Crippen LogP contribution in [0.25, 0.3) is 0 Å². The molecule has 1 aliphatic carbocycles. The lowest BCUT2D eigenvalue weighted by atomic mass is 10.2. The van der Waals surface area contributed by atoms with Crippen LogP contribution in [-0.2, 0) is 9.59 Å². The molecular formula is C13H13ClN2O2S. The van der Waals surface area contributed by atoms with Gasteiger partial charge in [-0.3, -0.25) is 9.59 Å². The summed E-state index contributed by atoms with van der Waals surface area (Å²) in [6.45, 7) is 0. The molecule has 1 saturated carbocycles. The van der Waals surface area contributed by atoms with Gasteiger partial charge in [0, 0.05) is 22.4 Å². The van der Waals surface area contributed by atoms with Crippen LogP contribution in [0.2, 0.25) is 5.02 Å². The topological polar surface area (TPSA) is 58.2 Å². The summed E-state index contributed by atoms with van der Waals surface area (Å²) in [6, 6.07) is 5.71. The lowest BCUT2D eigenvalue weighted by molar-refractivity contribution is -0.124. The summed E-state index contributed by atoms with van der Waals surface area (Å²) < 4.78 is 0. The number of rotatable bonds is 3. The van der Waals surface area contributed by atoms with Crippen LogP contribution in [0.3, 0.4) is 0 Å². The average molecular weight is 297 g/mol. The van der Waals surface area contributed by atoms with Gasteiger partial charge in [0.05, 0.1) is 10.9 Å². The maximum atomic E-state index is 12.0. The van der Waals surface area contributed by atoms with E-state index < -0.39 is 0 Å². The van der Waals surface area contributed by atoms with Gasteiger partial charge in [-0.2, -0.15) is 0 Å². The van der Waals surface area contributed by atoms with Crippen molar-refractivity contribution in [1.29, 1.82) is 0 Å². The number of hydrogen-bond donors (Lipinski definition) is 2. The lowest BCUT2D eigenvalue weighted by Crippen LogP contribution is -2.35. The Morgan fingerprint density at radius 2 is 2.26 bits per heavy atom. The Morgan fingerprint density at radius 1 is 1.47 bits per heavy atom. The zero-order valence-corrected chi connectivity index (χ0v) is 11.7. The molecular weight excluding hydrogens is 284 g/mol. The molecule has 1 aromatic carbocycles. The molecule has 100 valence electrons. The van der Waals surface area contributed by atoms with Gasteiger partial charge in [-0.05, 0) is 31.0 Å². The highest BCUT2D eigenvalue weighted by atomic mass is 35.5. The molecule has 0 saturated heterocycles. The Kier molecular flexibility index (Phi) is 3.41. The summed E-state index contributed by atoms with van der Waals surface area (Å²) in [5, 5.41) is 5.92. The Hall–Kier alpha value is -1.20. The Morgan fingerprint density at radius 3 is 3.00 bits per heavy atom. The largest absolute Gasteiger partial charge is 0.353 e. The first-order chi connectivity index (χ1) is 9.11. The van der Waals surface area contributed by atoms with Gasteiger partial charge in [0.15, 0.2) is 0 Å². The number of hydrogen-bond acceptors (Lipinski definition) is 3. The molecule has 1 aliphatic heterocycles. The highest BCUT2D eigenvalue weighted by Crippen LogP contribution is 2.38. The van der Waals surface area contributed by atoms with E-state index in [4.69, 9.17) is 11.6 Å². The van der Waals surface area contributed by atoms with E-state index >= 15 is 0 Å². The molecule has 0 aromatic heterocycles. The SMILES string of the molecule is O=C(CC1Sc2ccc(Cl)cc2NC1=O)NC1CC1. The Balaban J connectivity index is 1.68. The fourth-order valence-electron chi connectivity index (χ4n) is 1.94. The van der Waals surface area contributed by atoms with E-state index in [0.717, 1.165) is 23.4 Å². The van der Waals surface area contributed by atoms with Crippen LogP contribution >= 0.6 is 23.4 Å². The van der Waals surface area contributed by atoms with Gasteiger partial charge in [-0.25, -0.2) is 0 Å². The van der Waals surface area contributed by atoms with Gasteiger partial charge in [-0.1, -0.05) is 11.6 Å². The van der Waals surface area contributed by atoms with Crippen LogP contribution in [0, 0.1) is 0 Å². The van der Waals surface area contributed by atoms with Crippen LogP contribution in [-0.4, -0.2) is 23.1 Å². The number of fused-ring (bicyclic) bond motifs is 1. The van der Waals surface area contributed by atoms with Crippen LogP contribution in [0.15, 0.2) is 23.1 Å². The van der Waals surface area contributed by atoms with Crippen molar-refractivity contribution in [2.24, 2.45) is 0 Å². The maximum Gasteiger partial charge on any atom is 0.238 e. The molecule has 6 heteroatoms. The minimum Gasteiger partial charge on any atom is -0.353 e. The van der Waals surface area contributed by atoms with Crippen molar-refractivity contribution in [2.75, 3.05) is 5.32 Å². The summed E-state index contributed by atoms with van der Waals surface area (Å²) in [7, 11) is 0. The molecule has 0 bridgehead atoms. The predicted octanol–water partition coefficient (Wildman–Crippen LogP) is 2.42. The van der Waals surface area contributed by atoms with Gasteiger partial charge < -0.3 is 10.6 Å². The Bertz CT molecular complexity index is 545. The van der Waals surface area contributed by atoms with Gasteiger partial charge in [-0.15, -0.1) is 11.8 Å². The predicted molar refractivity (Wildman–Crippen MR) is 75.5 cm³/mol. The molecule has 4 nitrogen and oxygen atoms in total. The molecule has 1 fully saturated rings. The smallest absolute Gasteiger partial charge is 0.238 e. The van der Waals surface area contributed by atoms with Crippen molar-refractivity contribution >= 4 is 40.9 Å². The van der Waals surface area contributed by atoms with E-state index in [0.29, 0.717) is 11.1 Å². The summed E-state index contributed by atoms with van der Waals surface area (Å²) in [6.07, 6.45) is 2.32. The zero-order chi connectivity index (χ0) is 13.4. The third-order valence-electron chi connectivity index (χ3n) is 3.07. The molecule has 1 aromatic rings. The number of halogens is 1. The second kappa shape index (κ2) is 5.06. The van der Waals surface area contributed by atoms with Crippen molar-refractivity contribution < 1.29 is 9.59 Å². The molecule has 2 N–H and O–H groups in total. The first-order valence-corrected chi connectivity index (χ1v) is 7.44. The monoisotopic (exact) mass is 296 g/mol. The standard InChI is InChI=1S/C13H13ClN2O2S/c14-7-1-4-10-9(5-7)16-13(18)11(19-10)6-12(17)15-8-2-3-8/h1,4-5,8,11H,2-3,6H2,(H,15,17)(H,16,18). The molecule has 0 spiro atoms. The van der Waals surface area contributed by atoms with Crippen LogP contribution < -0.4 is 10.6 Å². The second-order valence-electron chi connectivity index (χ2n) is 4.78. The average Bonchev–Trinajstić information content (AvgIpc) is 3.14. The third-order valence-corrected chi connectivity index (χ3v) is 4.58. The summed E-state index contributed by atoms with van der Waals surface area (Å²) in [4.78, 5) is 24.7. The summed E-state index contributed by atoms with van der Waals surface area (Å²) in [5.41, 5.74) is 0.723. The number of amides is 2. The van der Waals surface area contributed by atoms with Crippen molar-refractivity contribution in [2.45, 2.75) is 35.4 Å². The highest BCUT2D eigenvalue weighted by molar-refractivity contribution is 8.01. The number of nitrogens with one attached hydrogen (secondary N) is 2. The number of benzene rings is 1. The molecule has 19 heavy (non-hydrogen) atoms.